The molecule has 1 aromatic heterocycles. The smallest absolute Gasteiger partial charge is 0.330 e. The van der Waals surface area contributed by atoms with Crippen LogP contribution >= 0.6 is 0 Å². The van der Waals surface area contributed by atoms with Gasteiger partial charge < -0.3 is 14.8 Å². The number of ketones is 2. The number of para-hydroxylation sites is 2. The maximum atomic E-state index is 13.4. The summed E-state index contributed by atoms with van der Waals surface area (Å²) >= 11 is 0. The second kappa shape index (κ2) is 9.35. The summed E-state index contributed by atoms with van der Waals surface area (Å²) in [6, 6.07) is 29.9. The molecule has 0 radical (unpaired) electrons. The second-order valence-corrected chi connectivity index (χ2v) is 8.11. The summed E-state index contributed by atoms with van der Waals surface area (Å²) in [5.74, 6) is 0.661. The molecular weight excluding hydrogens is 468 g/mol. The van der Waals surface area contributed by atoms with Gasteiger partial charge in [-0.05, 0) is 30.3 Å². The lowest BCUT2D eigenvalue weighted by atomic mass is 9.83. The number of fused-ring (bicyclic) bond motifs is 2. The molecule has 0 unspecified atom stereocenters. The summed E-state index contributed by atoms with van der Waals surface area (Å²) in [5, 5.41) is 3.07. The molecule has 1 heterocycles. The average molecular weight is 486 g/mol. The van der Waals surface area contributed by atoms with Gasteiger partial charge in [-0.1, -0.05) is 72.8 Å². The number of ether oxygens (including phenoxy) is 2. The van der Waals surface area contributed by atoms with Crippen LogP contribution in [0.25, 0.3) is 0 Å². The molecule has 5 aromatic rings. The number of nitrogens with zero attached hydrogens (tertiary/aromatic N) is 3. The third-order valence-electron chi connectivity index (χ3n) is 5.70. The Balaban J connectivity index is 1.39. The van der Waals surface area contributed by atoms with Crippen LogP contribution in [0.5, 0.6) is 23.5 Å². The van der Waals surface area contributed by atoms with Gasteiger partial charge in [0, 0.05) is 16.7 Å². The van der Waals surface area contributed by atoms with Crippen LogP contribution in [-0.2, 0) is 0 Å². The van der Waals surface area contributed by atoms with Crippen LogP contribution in [0.1, 0.15) is 31.8 Å². The van der Waals surface area contributed by atoms with Gasteiger partial charge in [0.05, 0.1) is 11.3 Å². The zero-order valence-electron chi connectivity index (χ0n) is 19.3. The number of benzene rings is 4. The van der Waals surface area contributed by atoms with Gasteiger partial charge in [0.25, 0.3) is 0 Å². The Kier molecular flexibility index (Phi) is 5.59. The number of aromatic nitrogens is 3. The van der Waals surface area contributed by atoms with Crippen molar-refractivity contribution >= 4 is 23.2 Å². The maximum absolute atomic E-state index is 13.4. The molecule has 0 aliphatic heterocycles. The van der Waals surface area contributed by atoms with E-state index in [1.54, 1.807) is 66.7 Å². The van der Waals surface area contributed by atoms with Crippen LogP contribution in [0.3, 0.4) is 0 Å². The minimum atomic E-state index is -0.260. The first-order valence-corrected chi connectivity index (χ1v) is 11.5. The van der Waals surface area contributed by atoms with Gasteiger partial charge >= 0.3 is 12.0 Å². The first-order valence-electron chi connectivity index (χ1n) is 11.5. The van der Waals surface area contributed by atoms with Crippen molar-refractivity contribution in [1.82, 2.24) is 15.0 Å². The highest BCUT2D eigenvalue weighted by molar-refractivity contribution is 6.30. The molecule has 4 aromatic carbocycles. The molecule has 6 rings (SSSR count). The van der Waals surface area contributed by atoms with E-state index in [1.807, 2.05) is 36.4 Å². The molecule has 1 aliphatic rings. The van der Waals surface area contributed by atoms with Gasteiger partial charge in [-0.3, -0.25) is 9.59 Å². The molecule has 178 valence electrons. The van der Waals surface area contributed by atoms with Crippen molar-refractivity contribution in [2.24, 2.45) is 0 Å². The van der Waals surface area contributed by atoms with Crippen molar-refractivity contribution in [2.45, 2.75) is 0 Å². The molecule has 1 N–H and O–H groups in total. The van der Waals surface area contributed by atoms with Gasteiger partial charge in [0.1, 0.15) is 11.5 Å². The Bertz CT molecular complexity index is 1580. The number of hydrogen-bond donors (Lipinski definition) is 1. The number of nitrogens with one attached hydrogen (secondary N) is 1. The first-order chi connectivity index (χ1) is 18.2. The lowest BCUT2D eigenvalue weighted by Gasteiger charge is -2.20. The lowest BCUT2D eigenvalue weighted by Crippen LogP contribution is -2.22. The molecule has 1 aliphatic carbocycles. The topological polar surface area (TPSA) is 103 Å². The summed E-state index contributed by atoms with van der Waals surface area (Å²) in [5.41, 5.74) is 1.68. The normalized spacial score (nSPS) is 11.9. The highest BCUT2D eigenvalue weighted by atomic mass is 16.5. The number of hydrogen-bond acceptors (Lipinski definition) is 8. The SMILES string of the molecule is O=C1c2ccccc2C(=O)c2c(Nc3nc(Oc4ccccc4)nc(Oc4ccccc4)n3)cccc21. The van der Waals surface area contributed by atoms with Crippen molar-refractivity contribution in [1.29, 1.82) is 0 Å². The number of carbonyl (C=O) groups excluding carboxylic acids is 2. The average Bonchev–Trinajstić information content (AvgIpc) is 2.93. The molecular formula is C29H18N4O4. The monoisotopic (exact) mass is 486 g/mol. The molecule has 8 heteroatoms. The van der Waals surface area contributed by atoms with E-state index in [9.17, 15) is 9.59 Å². The highest BCUT2D eigenvalue weighted by Crippen LogP contribution is 2.33. The largest absolute Gasteiger partial charge is 0.424 e. The van der Waals surface area contributed by atoms with E-state index in [0.29, 0.717) is 33.9 Å². The molecule has 0 saturated heterocycles. The van der Waals surface area contributed by atoms with Crippen LogP contribution in [0.15, 0.2) is 103 Å². The first kappa shape index (κ1) is 22.1. The van der Waals surface area contributed by atoms with E-state index < -0.39 is 0 Å². The van der Waals surface area contributed by atoms with E-state index in [-0.39, 0.29) is 35.1 Å². The summed E-state index contributed by atoms with van der Waals surface area (Å²) in [6.07, 6.45) is 0. The Morgan fingerprint density at radius 2 is 1.03 bits per heavy atom. The summed E-state index contributed by atoms with van der Waals surface area (Å²) in [6.45, 7) is 0. The molecule has 0 amide bonds. The fourth-order valence-electron chi connectivity index (χ4n) is 4.04. The highest BCUT2D eigenvalue weighted by Gasteiger charge is 2.31. The van der Waals surface area contributed by atoms with Crippen LogP contribution in [0, 0.1) is 0 Å². The van der Waals surface area contributed by atoms with E-state index in [1.165, 1.54) is 0 Å². The zero-order chi connectivity index (χ0) is 25.2. The summed E-state index contributed by atoms with van der Waals surface area (Å²) in [4.78, 5) is 39.5. The van der Waals surface area contributed by atoms with E-state index in [4.69, 9.17) is 9.47 Å². The second-order valence-electron chi connectivity index (χ2n) is 8.11. The molecule has 0 bridgehead atoms. The minimum Gasteiger partial charge on any atom is -0.424 e. The fraction of sp³-hybridized carbons (Fsp3) is 0. The van der Waals surface area contributed by atoms with E-state index in [2.05, 4.69) is 20.3 Å². The molecule has 8 nitrogen and oxygen atoms in total. The Morgan fingerprint density at radius 3 is 1.62 bits per heavy atom. The van der Waals surface area contributed by atoms with Crippen LogP contribution < -0.4 is 14.8 Å². The third kappa shape index (κ3) is 4.39. The summed E-state index contributed by atoms with van der Waals surface area (Å²) < 4.78 is 11.7. The van der Waals surface area contributed by atoms with Crippen LogP contribution in [0.2, 0.25) is 0 Å². The Morgan fingerprint density at radius 1 is 0.514 bits per heavy atom. The Labute approximate surface area is 211 Å². The van der Waals surface area contributed by atoms with Gasteiger partial charge in [0.2, 0.25) is 5.95 Å². The minimum absolute atomic E-state index is 0.00724. The van der Waals surface area contributed by atoms with Gasteiger partial charge in [0.15, 0.2) is 11.6 Å². The molecule has 0 atom stereocenters. The molecule has 37 heavy (non-hydrogen) atoms. The molecule has 0 saturated carbocycles. The molecule has 0 fully saturated rings. The number of rotatable bonds is 6. The van der Waals surface area contributed by atoms with Gasteiger partial charge in [-0.25, -0.2) is 0 Å². The van der Waals surface area contributed by atoms with Crippen molar-refractivity contribution in [3.63, 3.8) is 0 Å². The van der Waals surface area contributed by atoms with Gasteiger partial charge in [-0.2, -0.15) is 9.97 Å². The van der Waals surface area contributed by atoms with Crippen molar-refractivity contribution in [3.8, 4) is 23.5 Å². The van der Waals surface area contributed by atoms with E-state index in [0.717, 1.165) is 0 Å². The Hall–Kier alpha value is -5.37. The predicted molar refractivity (Wildman–Crippen MR) is 136 cm³/mol. The van der Waals surface area contributed by atoms with Gasteiger partial charge in [-0.15, -0.1) is 4.98 Å². The standard InChI is InChI=1S/C29H18N4O4/c34-25-20-14-7-8-15-21(20)26(35)24-22(25)16-9-17-23(24)30-27-31-28(36-18-10-3-1-4-11-18)33-29(32-27)37-19-12-5-2-6-13-19/h1-17H,(H,30,31,32,33). The van der Waals surface area contributed by atoms with Crippen molar-refractivity contribution in [2.75, 3.05) is 5.32 Å². The third-order valence-corrected chi connectivity index (χ3v) is 5.70. The molecule has 0 spiro atoms. The number of anilines is 2. The maximum Gasteiger partial charge on any atom is 0.330 e. The predicted octanol–water partition coefficient (Wildman–Crippen LogP) is 5.98. The van der Waals surface area contributed by atoms with E-state index >= 15 is 0 Å². The zero-order valence-corrected chi connectivity index (χ0v) is 19.3. The fourth-order valence-corrected chi connectivity index (χ4v) is 4.04. The lowest BCUT2D eigenvalue weighted by molar-refractivity contribution is 0.0979. The number of carbonyl (C=O) groups is 2. The van der Waals surface area contributed by atoms with Crippen LogP contribution in [-0.4, -0.2) is 26.5 Å². The van der Waals surface area contributed by atoms with Crippen LogP contribution in [0.4, 0.5) is 11.6 Å². The quantitative estimate of drug-likeness (QED) is 0.307. The van der Waals surface area contributed by atoms with Crippen molar-refractivity contribution < 1.29 is 19.1 Å². The summed E-state index contributed by atoms with van der Waals surface area (Å²) in [7, 11) is 0. The van der Waals surface area contributed by atoms with Crippen molar-refractivity contribution in [3.05, 3.63) is 125 Å².